The standard InChI is InChI=1S/C25H26F4/c1-2-3-4-5-6-18-7-9-19(10-8-18)11-12-20-13-15-22-21(17-20)14-16-23(24(22)26)25(27,28)29/h7-10,13-17H,2-6,11-12H2,1H3. The number of hydrogen-bond acceptors (Lipinski definition) is 0. The van der Waals surface area contributed by atoms with Gasteiger partial charge in [0, 0.05) is 5.39 Å². The SMILES string of the molecule is CCCCCCc1ccc(CCc2ccc3c(F)c(C(F)(F)F)ccc3c2)cc1. The van der Waals surface area contributed by atoms with Crippen molar-refractivity contribution in [3.63, 3.8) is 0 Å². The van der Waals surface area contributed by atoms with E-state index in [0.29, 0.717) is 5.39 Å². The van der Waals surface area contributed by atoms with Crippen molar-refractivity contribution in [1.82, 2.24) is 0 Å². The van der Waals surface area contributed by atoms with E-state index in [1.54, 1.807) is 12.1 Å². The minimum absolute atomic E-state index is 0.0102. The molecule has 0 nitrogen and oxygen atoms in total. The zero-order valence-electron chi connectivity index (χ0n) is 16.7. The minimum Gasteiger partial charge on any atom is -0.206 e. The van der Waals surface area contributed by atoms with Crippen LogP contribution in [-0.4, -0.2) is 0 Å². The summed E-state index contributed by atoms with van der Waals surface area (Å²) in [6.45, 7) is 2.21. The molecule has 0 fully saturated rings. The Bertz CT molecular complexity index is 939. The molecule has 0 atom stereocenters. The van der Waals surface area contributed by atoms with Crippen molar-refractivity contribution in [2.75, 3.05) is 0 Å². The third kappa shape index (κ3) is 5.59. The van der Waals surface area contributed by atoms with Crippen molar-refractivity contribution in [1.29, 1.82) is 0 Å². The molecular formula is C25H26F4. The van der Waals surface area contributed by atoms with Gasteiger partial charge in [0.25, 0.3) is 0 Å². The number of benzene rings is 3. The molecule has 0 aromatic heterocycles. The highest BCUT2D eigenvalue weighted by atomic mass is 19.4. The molecule has 3 aromatic carbocycles. The van der Waals surface area contributed by atoms with Crippen LogP contribution in [0.3, 0.4) is 0 Å². The topological polar surface area (TPSA) is 0 Å². The van der Waals surface area contributed by atoms with Gasteiger partial charge in [-0.2, -0.15) is 13.2 Å². The summed E-state index contributed by atoms with van der Waals surface area (Å²) in [5.74, 6) is -1.20. The summed E-state index contributed by atoms with van der Waals surface area (Å²) < 4.78 is 52.8. The molecule has 29 heavy (non-hydrogen) atoms. The largest absolute Gasteiger partial charge is 0.419 e. The van der Waals surface area contributed by atoms with E-state index in [4.69, 9.17) is 0 Å². The Hall–Kier alpha value is -2.36. The Morgan fingerprint density at radius 2 is 1.31 bits per heavy atom. The molecule has 3 aromatic rings. The summed E-state index contributed by atoms with van der Waals surface area (Å²) in [4.78, 5) is 0. The maximum atomic E-state index is 14.2. The Kier molecular flexibility index (Phi) is 6.94. The van der Waals surface area contributed by atoms with Gasteiger partial charge >= 0.3 is 6.18 Å². The zero-order chi connectivity index (χ0) is 20.9. The van der Waals surface area contributed by atoms with E-state index in [2.05, 4.69) is 31.2 Å². The van der Waals surface area contributed by atoms with Crippen molar-refractivity contribution in [2.45, 2.75) is 58.0 Å². The smallest absolute Gasteiger partial charge is 0.206 e. The first kappa shape index (κ1) is 21.4. The van der Waals surface area contributed by atoms with Crippen LogP contribution >= 0.6 is 0 Å². The lowest BCUT2D eigenvalue weighted by atomic mass is 9.98. The monoisotopic (exact) mass is 402 g/mol. The van der Waals surface area contributed by atoms with Crippen LogP contribution < -0.4 is 0 Å². The fraction of sp³-hybridized carbons (Fsp3) is 0.360. The second-order valence-electron chi connectivity index (χ2n) is 7.61. The number of hydrogen-bond donors (Lipinski definition) is 0. The molecule has 0 N–H and O–H groups in total. The van der Waals surface area contributed by atoms with Crippen molar-refractivity contribution >= 4 is 10.8 Å². The Labute approximate surface area is 169 Å². The van der Waals surface area contributed by atoms with Gasteiger partial charge in [-0.25, -0.2) is 4.39 Å². The molecule has 0 bridgehead atoms. The lowest BCUT2D eigenvalue weighted by Gasteiger charge is -2.11. The lowest BCUT2D eigenvalue weighted by molar-refractivity contribution is -0.139. The van der Waals surface area contributed by atoms with Crippen LogP contribution in [0.25, 0.3) is 10.8 Å². The molecule has 0 amide bonds. The second kappa shape index (κ2) is 9.43. The molecule has 0 unspecified atom stereocenters. The van der Waals surface area contributed by atoms with E-state index in [1.165, 1.54) is 48.9 Å². The fourth-order valence-electron chi connectivity index (χ4n) is 3.63. The minimum atomic E-state index is -4.68. The average Bonchev–Trinajstić information content (AvgIpc) is 2.70. The summed E-state index contributed by atoms with van der Waals surface area (Å²) in [7, 11) is 0. The molecule has 0 aliphatic heterocycles. The number of unbranched alkanes of at least 4 members (excludes halogenated alkanes) is 3. The van der Waals surface area contributed by atoms with E-state index in [1.807, 2.05) is 0 Å². The first-order valence-corrected chi connectivity index (χ1v) is 10.2. The van der Waals surface area contributed by atoms with Crippen molar-refractivity contribution in [3.05, 3.63) is 82.7 Å². The fourth-order valence-corrected chi connectivity index (χ4v) is 3.63. The number of fused-ring (bicyclic) bond motifs is 1. The first-order chi connectivity index (χ1) is 13.9. The molecule has 3 rings (SSSR count). The van der Waals surface area contributed by atoms with Crippen LogP contribution in [0.1, 0.15) is 54.9 Å². The summed E-state index contributed by atoms with van der Waals surface area (Å²) in [6.07, 6.45) is 3.03. The van der Waals surface area contributed by atoms with Gasteiger partial charge in [-0.15, -0.1) is 0 Å². The van der Waals surface area contributed by atoms with Crippen LogP contribution in [0.2, 0.25) is 0 Å². The first-order valence-electron chi connectivity index (χ1n) is 10.2. The van der Waals surface area contributed by atoms with Gasteiger partial charge in [-0.3, -0.25) is 0 Å². The van der Waals surface area contributed by atoms with Crippen molar-refractivity contribution < 1.29 is 17.6 Å². The number of alkyl halides is 3. The van der Waals surface area contributed by atoms with E-state index in [0.717, 1.165) is 30.9 Å². The number of rotatable bonds is 8. The van der Waals surface area contributed by atoms with Crippen LogP contribution in [0.15, 0.2) is 54.6 Å². The molecule has 0 saturated heterocycles. The van der Waals surface area contributed by atoms with Gasteiger partial charge in [0.1, 0.15) is 5.82 Å². The predicted molar refractivity (Wildman–Crippen MR) is 111 cm³/mol. The van der Waals surface area contributed by atoms with Gasteiger partial charge in [0.2, 0.25) is 0 Å². The Morgan fingerprint density at radius 1 is 0.690 bits per heavy atom. The van der Waals surface area contributed by atoms with E-state index >= 15 is 0 Å². The third-order valence-corrected chi connectivity index (χ3v) is 5.37. The molecule has 0 saturated carbocycles. The third-order valence-electron chi connectivity index (χ3n) is 5.37. The highest BCUT2D eigenvalue weighted by Crippen LogP contribution is 2.34. The molecule has 0 aliphatic rings. The molecule has 0 aliphatic carbocycles. The maximum absolute atomic E-state index is 14.2. The highest BCUT2D eigenvalue weighted by molar-refractivity contribution is 5.84. The maximum Gasteiger partial charge on any atom is 0.419 e. The predicted octanol–water partition coefficient (Wildman–Crippen LogP) is 7.91. The molecule has 4 heteroatoms. The quantitative estimate of drug-likeness (QED) is 0.265. The van der Waals surface area contributed by atoms with Gasteiger partial charge < -0.3 is 0 Å². The van der Waals surface area contributed by atoms with E-state index < -0.39 is 17.6 Å². The lowest BCUT2D eigenvalue weighted by Crippen LogP contribution is -2.08. The van der Waals surface area contributed by atoms with E-state index in [9.17, 15) is 17.6 Å². The van der Waals surface area contributed by atoms with Crippen LogP contribution in [0.4, 0.5) is 17.6 Å². The van der Waals surface area contributed by atoms with Gasteiger partial charge in [-0.1, -0.05) is 74.7 Å². The van der Waals surface area contributed by atoms with Crippen LogP contribution in [-0.2, 0) is 25.4 Å². The van der Waals surface area contributed by atoms with E-state index in [-0.39, 0.29) is 5.39 Å². The van der Waals surface area contributed by atoms with Crippen LogP contribution in [0.5, 0.6) is 0 Å². The van der Waals surface area contributed by atoms with Gasteiger partial charge in [0.05, 0.1) is 5.56 Å². The highest BCUT2D eigenvalue weighted by Gasteiger charge is 2.34. The molecular weight excluding hydrogens is 376 g/mol. The van der Waals surface area contributed by atoms with Crippen molar-refractivity contribution in [2.24, 2.45) is 0 Å². The number of aryl methyl sites for hydroxylation is 3. The summed E-state index contributed by atoms with van der Waals surface area (Å²) in [5.41, 5.74) is 2.35. The average molecular weight is 402 g/mol. The zero-order valence-corrected chi connectivity index (χ0v) is 16.7. The molecule has 0 spiro atoms. The Morgan fingerprint density at radius 3 is 1.97 bits per heavy atom. The Balaban J connectivity index is 1.63. The number of halogens is 4. The summed E-state index contributed by atoms with van der Waals surface area (Å²) >= 11 is 0. The second-order valence-corrected chi connectivity index (χ2v) is 7.61. The van der Waals surface area contributed by atoms with Gasteiger partial charge in [0.15, 0.2) is 0 Å². The normalized spacial score (nSPS) is 11.9. The van der Waals surface area contributed by atoms with Gasteiger partial charge in [-0.05, 0) is 53.8 Å². The van der Waals surface area contributed by atoms with Crippen LogP contribution in [0, 0.1) is 5.82 Å². The molecule has 154 valence electrons. The summed E-state index contributed by atoms with van der Waals surface area (Å²) in [6, 6.07) is 15.8. The molecule has 0 heterocycles. The molecule has 0 radical (unpaired) electrons. The van der Waals surface area contributed by atoms with Crippen molar-refractivity contribution in [3.8, 4) is 0 Å². The summed E-state index contributed by atoms with van der Waals surface area (Å²) in [5, 5.41) is 0.506.